The molecule has 1 fully saturated rings. The molecule has 1 saturated carbocycles. The van der Waals surface area contributed by atoms with E-state index in [0.717, 1.165) is 48.1 Å². The number of aryl methyl sites for hydroxylation is 2. The first-order valence-electron chi connectivity index (χ1n) is 7.60. The second kappa shape index (κ2) is 8.41. The van der Waals surface area contributed by atoms with Gasteiger partial charge in [-0.1, -0.05) is 31.8 Å². The molecule has 5 heteroatoms. The van der Waals surface area contributed by atoms with Crippen molar-refractivity contribution in [3.05, 3.63) is 40.6 Å². The summed E-state index contributed by atoms with van der Waals surface area (Å²) in [6.07, 6.45) is 5.41. The fourth-order valence-electron chi connectivity index (χ4n) is 3.58. The van der Waals surface area contributed by atoms with E-state index in [4.69, 9.17) is 4.74 Å². The van der Waals surface area contributed by atoms with Crippen molar-refractivity contribution < 1.29 is 63.3 Å². The van der Waals surface area contributed by atoms with Gasteiger partial charge in [-0.05, 0) is 12.8 Å². The van der Waals surface area contributed by atoms with Crippen LogP contribution in [0.15, 0.2) is 11.8 Å². The van der Waals surface area contributed by atoms with Crippen molar-refractivity contribution in [1.82, 2.24) is 5.32 Å². The Morgan fingerprint density at radius 3 is 2.48 bits per heavy atom. The third-order valence-electron chi connectivity index (χ3n) is 4.61. The predicted molar refractivity (Wildman–Crippen MR) is 81.5 cm³/mol. The molecule has 1 N–H and O–H groups in total. The predicted octanol–water partition coefficient (Wildman–Crippen LogP) is 3.09. The molecule has 121 valence electrons. The molecule has 0 bridgehead atoms. The van der Waals surface area contributed by atoms with E-state index >= 15 is 0 Å². The Labute approximate surface area is 178 Å². The Morgan fingerprint density at radius 2 is 1.87 bits per heavy atom. The summed E-state index contributed by atoms with van der Waals surface area (Å²) in [6.45, 7) is 3.93. The van der Waals surface area contributed by atoms with Crippen LogP contribution < -0.4 is 5.32 Å². The van der Waals surface area contributed by atoms with Gasteiger partial charge in [0.25, 0.3) is 0 Å². The van der Waals surface area contributed by atoms with Gasteiger partial charge >= 0.3 is 0 Å². The molecule has 1 aromatic rings. The standard InChI is InChI=1S/C18H21NO2.W.Y/c1-12-7-8-13(2)14(11-12)15-16(21-3)18(19-17(15)20)9-5-4-6-10-18;;/h8H,4-6,9-10H2,1-3H3,(H,19,20);;/q-2;;. The van der Waals surface area contributed by atoms with Crippen LogP contribution in [0.1, 0.15) is 48.8 Å². The average Bonchev–Trinajstić information content (AvgIpc) is 2.73. The Bertz CT molecular complexity index is 621. The van der Waals surface area contributed by atoms with E-state index in [1.165, 1.54) is 6.42 Å². The van der Waals surface area contributed by atoms with E-state index in [9.17, 15) is 4.79 Å². The van der Waals surface area contributed by atoms with Crippen LogP contribution in [0.4, 0.5) is 0 Å². The minimum atomic E-state index is -0.298. The molecule has 1 aliphatic carbocycles. The largest absolute Gasteiger partial charge is 0.517 e. The number of amides is 1. The number of nitrogens with one attached hydrogen (secondary N) is 1. The molecule has 2 aliphatic rings. The van der Waals surface area contributed by atoms with Crippen LogP contribution in [-0.4, -0.2) is 18.6 Å². The van der Waals surface area contributed by atoms with E-state index in [0.29, 0.717) is 5.57 Å². The summed E-state index contributed by atoms with van der Waals surface area (Å²) < 4.78 is 5.70. The Balaban J connectivity index is 0.00000132. The van der Waals surface area contributed by atoms with E-state index in [2.05, 4.69) is 17.4 Å². The number of rotatable bonds is 2. The first-order valence-corrected chi connectivity index (χ1v) is 7.60. The number of carbonyl (C=O) groups is 1. The first-order chi connectivity index (χ1) is 10.1. The molecule has 1 heterocycles. The normalized spacial score (nSPS) is 19.0. The van der Waals surface area contributed by atoms with Gasteiger partial charge in [0.05, 0.1) is 18.4 Å². The SMILES string of the molecule is COC1=C(c2[c-]c(C)[c-]cc2C)C(=O)NC12CCCCC2.[W].[Y]. The van der Waals surface area contributed by atoms with E-state index in [-0.39, 0.29) is 65.2 Å². The number of ether oxygens (including phenoxy) is 1. The molecule has 1 aromatic carbocycles. The summed E-state index contributed by atoms with van der Waals surface area (Å²) in [4.78, 5) is 12.6. The van der Waals surface area contributed by atoms with Gasteiger partial charge in [0.1, 0.15) is 0 Å². The van der Waals surface area contributed by atoms with Gasteiger partial charge < -0.3 is 10.1 Å². The van der Waals surface area contributed by atoms with Crippen LogP contribution in [-0.2, 0) is 63.3 Å². The van der Waals surface area contributed by atoms with Crippen LogP contribution in [0.2, 0.25) is 0 Å². The molecule has 3 rings (SSSR count). The zero-order valence-corrected chi connectivity index (χ0v) is 19.7. The zero-order valence-electron chi connectivity index (χ0n) is 13.9. The molecule has 0 saturated heterocycles. The number of hydrogen-bond acceptors (Lipinski definition) is 2. The van der Waals surface area contributed by atoms with Gasteiger partial charge in [0, 0.05) is 53.8 Å². The summed E-state index contributed by atoms with van der Waals surface area (Å²) in [7, 11) is 1.67. The van der Waals surface area contributed by atoms with Crippen molar-refractivity contribution in [1.29, 1.82) is 0 Å². The quantitative estimate of drug-likeness (QED) is 0.570. The van der Waals surface area contributed by atoms with Gasteiger partial charge in [-0.2, -0.15) is 0 Å². The maximum absolute atomic E-state index is 12.6. The summed E-state index contributed by atoms with van der Waals surface area (Å²) in [5.74, 6) is 0.774. The average molecular weight is 556 g/mol. The molecule has 3 nitrogen and oxygen atoms in total. The van der Waals surface area contributed by atoms with Gasteiger partial charge in [-0.25, -0.2) is 17.2 Å². The van der Waals surface area contributed by atoms with Gasteiger partial charge in [0.15, 0.2) is 5.91 Å². The van der Waals surface area contributed by atoms with Crippen LogP contribution >= 0.6 is 0 Å². The molecular weight excluding hydrogens is 535 g/mol. The van der Waals surface area contributed by atoms with Gasteiger partial charge in [-0.15, -0.1) is 6.92 Å². The fraction of sp³-hybridized carbons (Fsp3) is 0.500. The monoisotopic (exact) mass is 556 g/mol. The maximum atomic E-state index is 12.6. The van der Waals surface area contributed by atoms with Crippen molar-refractivity contribution in [2.45, 2.75) is 51.5 Å². The van der Waals surface area contributed by atoms with Crippen molar-refractivity contribution >= 4 is 11.5 Å². The van der Waals surface area contributed by atoms with Crippen LogP contribution in [0, 0.1) is 26.0 Å². The van der Waals surface area contributed by atoms with Crippen molar-refractivity contribution in [3.8, 4) is 0 Å². The van der Waals surface area contributed by atoms with Crippen LogP contribution in [0.25, 0.3) is 5.57 Å². The van der Waals surface area contributed by atoms with Crippen LogP contribution in [0.5, 0.6) is 0 Å². The third kappa shape index (κ3) is 3.83. The molecule has 0 unspecified atom stereocenters. The molecule has 1 radical (unpaired) electrons. The fourth-order valence-corrected chi connectivity index (χ4v) is 3.58. The minimum absolute atomic E-state index is 0. The smallest absolute Gasteiger partial charge is 0.172 e. The van der Waals surface area contributed by atoms with E-state index in [1.54, 1.807) is 7.11 Å². The summed E-state index contributed by atoms with van der Waals surface area (Å²) in [6, 6.07) is 8.33. The van der Waals surface area contributed by atoms with Crippen LogP contribution in [0.3, 0.4) is 0 Å². The summed E-state index contributed by atoms with van der Waals surface area (Å²) in [5.41, 5.74) is 3.13. The number of hydrogen-bond donors (Lipinski definition) is 1. The molecule has 0 aromatic heterocycles. The Kier molecular flexibility index (Phi) is 7.70. The van der Waals surface area contributed by atoms with Gasteiger partial charge in [0.2, 0.25) is 0 Å². The maximum Gasteiger partial charge on any atom is 0.172 e. The third-order valence-corrected chi connectivity index (χ3v) is 4.61. The van der Waals surface area contributed by atoms with Crippen molar-refractivity contribution in [2.75, 3.05) is 7.11 Å². The zero-order chi connectivity index (χ0) is 15.0. The van der Waals surface area contributed by atoms with E-state index in [1.807, 2.05) is 19.9 Å². The Hall–Kier alpha value is 0.0222. The molecular formula is C18H21NO2WY-2. The molecule has 0 atom stereocenters. The Morgan fingerprint density at radius 1 is 1.22 bits per heavy atom. The summed E-state index contributed by atoms with van der Waals surface area (Å²) in [5, 5.41) is 3.20. The topological polar surface area (TPSA) is 38.3 Å². The second-order valence-corrected chi connectivity index (χ2v) is 6.10. The van der Waals surface area contributed by atoms with Gasteiger partial charge in [-0.3, -0.25) is 22.5 Å². The molecule has 1 aliphatic heterocycles. The summed E-state index contributed by atoms with van der Waals surface area (Å²) >= 11 is 0. The molecule has 1 amide bonds. The minimum Gasteiger partial charge on any atom is -0.517 e. The number of benzene rings is 1. The molecule has 1 spiro atoms. The van der Waals surface area contributed by atoms with Crippen molar-refractivity contribution in [3.63, 3.8) is 0 Å². The first kappa shape index (κ1) is 21.1. The van der Waals surface area contributed by atoms with Crippen molar-refractivity contribution in [2.24, 2.45) is 0 Å². The second-order valence-electron chi connectivity index (χ2n) is 6.10. The number of methoxy groups -OCH3 is 1. The molecule has 23 heavy (non-hydrogen) atoms. The number of carbonyl (C=O) groups excluding carboxylic acids is 1. The van der Waals surface area contributed by atoms with E-state index < -0.39 is 0 Å².